The molecule has 1 aliphatic heterocycles. The van der Waals surface area contributed by atoms with E-state index in [0.29, 0.717) is 57.8 Å². The second-order valence-electron chi connectivity index (χ2n) is 7.36. The van der Waals surface area contributed by atoms with Crippen LogP contribution in [0, 0.1) is 5.82 Å². The van der Waals surface area contributed by atoms with Gasteiger partial charge in [0.25, 0.3) is 0 Å². The van der Waals surface area contributed by atoms with Gasteiger partial charge in [-0.25, -0.2) is 19.2 Å². The van der Waals surface area contributed by atoms with Crippen LogP contribution in [0.2, 0.25) is 5.02 Å². The van der Waals surface area contributed by atoms with Gasteiger partial charge in [0, 0.05) is 17.8 Å². The lowest BCUT2D eigenvalue weighted by atomic mass is 10.0. The topological polar surface area (TPSA) is 85.4 Å². The molecule has 0 bridgehead atoms. The molecule has 2 heterocycles. The van der Waals surface area contributed by atoms with E-state index in [4.69, 9.17) is 21.1 Å². The van der Waals surface area contributed by atoms with E-state index in [9.17, 15) is 9.18 Å². The first kappa shape index (κ1) is 22.5. The van der Waals surface area contributed by atoms with E-state index in [0.717, 1.165) is 6.42 Å². The van der Waals surface area contributed by atoms with Crippen LogP contribution in [0.25, 0.3) is 6.08 Å². The minimum Gasteiger partial charge on any atom is -0.487 e. The van der Waals surface area contributed by atoms with Gasteiger partial charge in [0.15, 0.2) is 0 Å². The molecule has 0 spiro atoms. The first-order valence-corrected chi connectivity index (χ1v) is 10.7. The molecule has 0 fully saturated rings. The molecule has 2 N–H and O–H groups in total. The molecule has 0 unspecified atom stereocenters. The molecule has 0 saturated heterocycles. The van der Waals surface area contributed by atoms with Gasteiger partial charge < -0.3 is 20.1 Å². The molecule has 0 aliphatic carbocycles. The highest BCUT2D eigenvalue weighted by Gasteiger charge is 2.18. The molecule has 3 aromatic rings. The van der Waals surface area contributed by atoms with Crippen LogP contribution in [0.5, 0.6) is 5.75 Å². The van der Waals surface area contributed by atoms with E-state index >= 15 is 0 Å². The lowest BCUT2D eigenvalue weighted by Crippen LogP contribution is -2.13. The summed E-state index contributed by atoms with van der Waals surface area (Å²) >= 11 is 6.41. The number of nitrogens with one attached hydrogen (secondary N) is 2. The summed E-state index contributed by atoms with van der Waals surface area (Å²) in [5, 5.41) is 6.88. The number of hydrogen-bond donors (Lipinski definition) is 2. The van der Waals surface area contributed by atoms with Crippen LogP contribution >= 0.6 is 11.6 Å². The molecule has 170 valence electrons. The van der Waals surface area contributed by atoms with Crippen molar-refractivity contribution in [2.45, 2.75) is 19.4 Å². The predicted octanol–water partition coefficient (Wildman–Crippen LogP) is 5.35. The van der Waals surface area contributed by atoms with Gasteiger partial charge in [-0.1, -0.05) is 23.7 Å². The van der Waals surface area contributed by atoms with Gasteiger partial charge in [0.05, 0.1) is 17.7 Å². The van der Waals surface area contributed by atoms with Crippen LogP contribution in [0.15, 0.2) is 54.4 Å². The highest BCUT2D eigenvalue weighted by molar-refractivity contribution is 6.32. The van der Waals surface area contributed by atoms with E-state index in [1.807, 2.05) is 0 Å². The molecule has 7 nitrogen and oxygen atoms in total. The number of halogens is 2. The number of ether oxygens (including phenoxy) is 2. The maximum atomic E-state index is 13.4. The number of carbonyl (C=O) groups excluding carboxylic acids is 1. The third-order valence-electron chi connectivity index (χ3n) is 5.04. The van der Waals surface area contributed by atoms with Crippen molar-refractivity contribution in [3.8, 4) is 5.75 Å². The SMILES string of the molecule is COC(=O)/C1=C/c2c(ncnc2Nc2ccc(OCc3cccc(F)c3)c(Cl)c2)NCCC1. The van der Waals surface area contributed by atoms with Crippen LogP contribution in [-0.4, -0.2) is 29.6 Å². The Bertz CT molecular complexity index is 1200. The van der Waals surface area contributed by atoms with Crippen molar-refractivity contribution in [1.82, 2.24) is 9.97 Å². The number of methoxy groups -OCH3 is 1. The van der Waals surface area contributed by atoms with Crippen molar-refractivity contribution in [2.75, 3.05) is 24.3 Å². The number of anilines is 3. The second-order valence-corrected chi connectivity index (χ2v) is 7.77. The minimum atomic E-state index is -0.375. The average Bonchev–Trinajstić information content (AvgIpc) is 2.79. The largest absolute Gasteiger partial charge is 0.487 e. The summed E-state index contributed by atoms with van der Waals surface area (Å²) in [6.07, 6.45) is 4.55. The Morgan fingerprint density at radius 1 is 1.24 bits per heavy atom. The molecule has 4 rings (SSSR count). The van der Waals surface area contributed by atoms with Gasteiger partial charge in [-0.05, 0) is 54.8 Å². The van der Waals surface area contributed by atoms with Crippen LogP contribution in [0.1, 0.15) is 24.0 Å². The fourth-order valence-electron chi connectivity index (χ4n) is 3.42. The van der Waals surface area contributed by atoms with E-state index < -0.39 is 0 Å². The van der Waals surface area contributed by atoms with Crippen LogP contribution < -0.4 is 15.4 Å². The van der Waals surface area contributed by atoms with Gasteiger partial charge in [-0.15, -0.1) is 0 Å². The second kappa shape index (κ2) is 10.3. The van der Waals surface area contributed by atoms with Crippen molar-refractivity contribution in [1.29, 1.82) is 0 Å². The number of aromatic nitrogens is 2. The van der Waals surface area contributed by atoms with Crippen LogP contribution in [0.3, 0.4) is 0 Å². The van der Waals surface area contributed by atoms with E-state index in [1.165, 1.54) is 25.6 Å². The fraction of sp³-hybridized carbons (Fsp3) is 0.208. The summed E-state index contributed by atoms with van der Waals surface area (Å²) in [4.78, 5) is 20.8. The zero-order valence-corrected chi connectivity index (χ0v) is 18.7. The summed E-state index contributed by atoms with van der Waals surface area (Å²) in [6.45, 7) is 0.859. The summed E-state index contributed by atoms with van der Waals surface area (Å²) < 4.78 is 24.0. The molecule has 9 heteroatoms. The third kappa shape index (κ3) is 5.59. The smallest absolute Gasteiger partial charge is 0.333 e. The zero-order chi connectivity index (χ0) is 23.2. The molecular weight excluding hydrogens is 447 g/mol. The Morgan fingerprint density at radius 3 is 2.91 bits per heavy atom. The summed E-state index contributed by atoms with van der Waals surface area (Å²) in [5.41, 5.74) is 2.58. The lowest BCUT2D eigenvalue weighted by Gasteiger charge is -2.17. The number of esters is 1. The number of hydrogen-bond acceptors (Lipinski definition) is 7. The summed E-state index contributed by atoms with van der Waals surface area (Å²) in [5.74, 6) is 0.912. The van der Waals surface area contributed by atoms with Crippen LogP contribution in [0.4, 0.5) is 21.7 Å². The average molecular weight is 469 g/mol. The van der Waals surface area contributed by atoms with E-state index in [-0.39, 0.29) is 18.4 Å². The predicted molar refractivity (Wildman–Crippen MR) is 125 cm³/mol. The number of nitrogens with zero attached hydrogens (tertiary/aromatic N) is 2. The minimum absolute atomic E-state index is 0.191. The highest BCUT2D eigenvalue weighted by Crippen LogP contribution is 2.32. The van der Waals surface area contributed by atoms with Gasteiger partial charge >= 0.3 is 5.97 Å². The van der Waals surface area contributed by atoms with E-state index in [1.54, 1.807) is 36.4 Å². The fourth-order valence-corrected chi connectivity index (χ4v) is 3.65. The Labute approximate surface area is 195 Å². The van der Waals surface area contributed by atoms with Gasteiger partial charge in [-0.2, -0.15) is 0 Å². The first-order chi connectivity index (χ1) is 16.0. The molecule has 33 heavy (non-hydrogen) atoms. The van der Waals surface area contributed by atoms with Crippen molar-refractivity contribution >= 4 is 41.0 Å². The summed E-state index contributed by atoms with van der Waals surface area (Å²) in [7, 11) is 1.36. The monoisotopic (exact) mass is 468 g/mol. The number of rotatable bonds is 6. The number of carbonyl (C=O) groups is 1. The highest BCUT2D eigenvalue weighted by atomic mass is 35.5. The Balaban J connectivity index is 1.55. The number of benzene rings is 2. The first-order valence-electron chi connectivity index (χ1n) is 10.3. The number of fused-ring (bicyclic) bond motifs is 1. The molecule has 0 saturated carbocycles. The van der Waals surface area contributed by atoms with Crippen LogP contribution in [-0.2, 0) is 16.1 Å². The molecular formula is C24H22ClFN4O3. The molecule has 1 aromatic heterocycles. The van der Waals surface area contributed by atoms with Crippen molar-refractivity contribution < 1.29 is 18.7 Å². The van der Waals surface area contributed by atoms with Gasteiger partial charge in [0.2, 0.25) is 0 Å². The van der Waals surface area contributed by atoms with Crippen molar-refractivity contribution in [2.24, 2.45) is 0 Å². The van der Waals surface area contributed by atoms with Gasteiger partial charge in [-0.3, -0.25) is 0 Å². The molecule has 0 amide bonds. The Morgan fingerprint density at radius 2 is 2.12 bits per heavy atom. The summed E-state index contributed by atoms with van der Waals surface area (Å²) in [6, 6.07) is 11.4. The molecule has 0 radical (unpaired) electrons. The van der Waals surface area contributed by atoms with Crippen molar-refractivity contribution in [3.05, 3.63) is 76.3 Å². The quantitative estimate of drug-likeness (QED) is 0.471. The molecule has 1 aliphatic rings. The third-order valence-corrected chi connectivity index (χ3v) is 5.34. The zero-order valence-electron chi connectivity index (χ0n) is 17.9. The maximum absolute atomic E-state index is 13.4. The lowest BCUT2D eigenvalue weighted by molar-refractivity contribution is -0.136. The normalized spacial score (nSPS) is 14.6. The van der Waals surface area contributed by atoms with E-state index in [2.05, 4.69) is 20.6 Å². The standard InChI is InChI=1S/C24H22ClFN4O3/c1-32-24(31)16-5-3-9-27-22-19(11-16)23(29-14-28-22)30-18-7-8-21(20(25)12-18)33-13-15-4-2-6-17(26)10-15/h2,4,6-8,10-12,14H,3,5,9,13H2,1H3,(H2,27,28,29,30)/b16-11+. The maximum Gasteiger partial charge on any atom is 0.333 e. The van der Waals surface area contributed by atoms with Gasteiger partial charge in [0.1, 0.15) is 36.1 Å². The Hall–Kier alpha value is -3.65. The molecule has 0 atom stereocenters. The Kier molecular flexibility index (Phi) is 7.04. The van der Waals surface area contributed by atoms with Crippen molar-refractivity contribution in [3.63, 3.8) is 0 Å². The molecule has 2 aromatic carbocycles.